The highest BCUT2D eigenvalue weighted by atomic mass is 14.1. The molecule has 0 fully saturated rings. The molecule has 3 rings (SSSR count). The lowest BCUT2D eigenvalue weighted by Gasteiger charge is -2.10. The quantitative estimate of drug-likeness (QED) is 0.588. The minimum absolute atomic E-state index is 1.06. The maximum atomic E-state index is 2.31. The third-order valence-electron chi connectivity index (χ3n) is 3.52. The summed E-state index contributed by atoms with van der Waals surface area (Å²) in [4.78, 5) is 0. The van der Waals surface area contributed by atoms with Crippen LogP contribution in [-0.2, 0) is 0 Å². The Labute approximate surface area is 102 Å². The van der Waals surface area contributed by atoms with Crippen molar-refractivity contribution >= 4 is 22.9 Å². The van der Waals surface area contributed by atoms with E-state index < -0.39 is 0 Å². The van der Waals surface area contributed by atoms with Gasteiger partial charge in [-0.05, 0) is 53.8 Å². The lowest BCUT2D eigenvalue weighted by atomic mass is 9.94. The minimum atomic E-state index is 1.06. The Morgan fingerprint density at radius 2 is 1.88 bits per heavy atom. The second-order valence-corrected chi connectivity index (χ2v) is 4.82. The molecule has 0 nitrogen and oxygen atoms in total. The molecule has 2 aromatic rings. The number of aryl methyl sites for hydroxylation is 1. The second-order valence-electron chi connectivity index (χ2n) is 4.82. The van der Waals surface area contributed by atoms with Crippen molar-refractivity contribution in [1.29, 1.82) is 0 Å². The molecule has 0 saturated heterocycles. The zero-order chi connectivity index (χ0) is 11.8. The van der Waals surface area contributed by atoms with Gasteiger partial charge in [0.2, 0.25) is 0 Å². The predicted octanol–water partition coefficient (Wildman–Crippen LogP) is 4.97. The van der Waals surface area contributed by atoms with E-state index in [0.717, 1.165) is 6.42 Å². The molecule has 84 valence electrons. The van der Waals surface area contributed by atoms with Crippen molar-refractivity contribution in [3.05, 3.63) is 58.7 Å². The van der Waals surface area contributed by atoms with Crippen molar-refractivity contribution in [1.82, 2.24) is 0 Å². The topological polar surface area (TPSA) is 0 Å². The van der Waals surface area contributed by atoms with E-state index in [2.05, 4.69) is 62.4 Å². The molecule has 0 amide bonds. The average Bonchev–Trinajstić information content (AvgIpc) is 2.51. The summed E-state index contributed by atoms with van der Waals surface area (Å²) in [5.74, 6) is 0. The van der Waals surface area contributed by atoms with Crippen molar-refractivity contribution < 1.29 is 0 Å². The summed E-state index contributed by atoms with van der Waals surface area (Å²) >= 11 is 0. The van der Waals surface area contributed by atoms with Gasteiger partial charge in [-0.25, -0.2) is 0 Å². The van der Waals surface area contributed by atoms with E-state index in [-0.39, 0.29) is 0 Å². The minimum Gasteiger partial charge on any atom is -0.0798 e. The summed E-state index contributed by atoms with van der Waals surface area (Å²) in [6.07, 6.45) is 7.91. The molecule has 1 aliphatic carbocycles. The van der Waals surface area contributed by atoms with Gasteiger partial charge in [0.05, 0.1) is 0 Å². The van der Waals surface area contributed by atoms with Crippen molar-refractivity contribution in [2.24, 2.45) is 0 Å². The Balaban J connectivity index is 2.41. The molecular formula is C17H16. The number of hydrogen-bond acceptors (Lipinski definition) is 0. The molecule has 0 N–H and O–H groups in total. The van der Waals surface area contributed by atoms with E-state index in [1.165, 1.54) is 33.0 Å². The van der Waals surface area contributed by atoms with Crippen molar-refractivity contribution in [3.63, 3.8) is 0 Å². The fourth-order valence-corrected chi connectivity index (χ4v) is 2.60. The van der Waals surface area contributed by atoms with Crippen LogP contribution in [0.25, 0.3) is 22.9 Å². The Bertz CT molecular complexity index is 642. The predicted molar refractivity (Wildman–Crippen MR) is 76.0 cm³/mol. The van der Waals surface area contributed by atoms with Crippen molar-refractivity contribution in [2.45, 2.75) is 20.3 Å². The second kappa shape index (κ2) is 3.89. The van der Waals surface area contributed by atoms with Gasteiger partial charge in [0.1, 0.15) is 0 Å². The highest BCUT2D eigenvalue weighted by Crippen LogP contribution is 2.30. The fraction of sp³-hybridized carbons (Fsp3) is 0.176. The molecule has 0 heteroatoms. The van der Waals surface area contributed by atoms with Crippen LogP contribution in [0, 0.1) is 6.92 Å². The zero-order valence-corrected chi connectivity index (χ0v) is 10.3. The summed E-state index contributed by atoms with van der Waals surface area (Å²) in [5, 5.41) is 2.70. The van der Waals surface area contributed by atoms with E-state index in [0.29, 0.717) is 0 Å². The summed E-state index contributed by atoms with van der Waals surface area (Å²) < 4.78 is 0. The SMILES string of the molecule is CC1=Cc2cc3ccccc3c(C)c2C=CC1. The maximum absolute atomic E-state index is 2.31. The third kappa shape index (κ3) is 1.70. The van der Waals surface area contributed by atoms with Crippen LogP contribution in [0.4, 0.5) is 0 Å². The van der Waals surface area contributed by atoms with Gasteiger partial charge in [-0.2, -0.15) is 0 Å². The van der Waals surface area contributed by atoms with E-state index in [4.69, 9.17) is 0 Å². The standard InChI is InChI=1S/C17H16/c1-12-6-5-9-17-13(2)16-8-4-3-7-14(16)11-15(17)10-12/h3-5,7-11H,6H2,1-2H3. The monoisotopic (exact) mass is 220 g/mol. The molecule has 0 heterocycles. The molecule has 0 bridgehead atoms. The van der Waals surface area contributed by atoms with E-state index >= 15 is 0 Å². The van der Waals surface area contributed by atoms with Gasteiger partial charge in [-0.3, -0.25) is 0 Å². The first-order valence-electron chi connectivity index (χ1n) is 6.12. The van der Waals surface area contributed by atoms with Crippen LogP contribution in [0.15, 0.2) is 42.0 Å². The zero-order valence-electron chi connectivity index (χ0n) is 10.3. The average molecular weight is 220 g/mol. The summed E-state index contributed by atoms with van der Waals surface area (Å²) in [6.45, 7) is 4.42. The van der Waals surface area contributed by atoms with Gasteiger partial charge in [-0.1, -0.05) is 48.1 Å². The fourth-order valence-electron chi connectivity index (χ4n) is 2.60. The molecule has 0 aromatic heterocycles. The number of allylic oxidation sites excluding steroid dienone is 2. The molecule has 0 unspecified atom stereocenters. The van der Waals surface area contributed by atoms with Crippen LogP contribution < -0.4 is 0 Å². The lowest BCUT2D eigenvalue weighted by molar-refractivity contribution is 1.25. The summed E-state index contributed by atoms with van der Waals surface area (Å²) in [7, 11) is 0. The molecule has 0 radical (unpaired) electrons. The highest BCUT2D eigenvalue weighted by molar-refractivity contribution is 5.92. The molecule has 0 atom stereocenters. The number of hydrogen-bond donors (Lipinski definition) is 0. The Morgan fingerprint density at radius 3 is 2.76 bits per heavy atom. The maximum Gasteiger partial charge on any atom is -0.0135 e. The van der Waals surface area contributed by atoms with Gasteiger partial charge < -0.3 is 0 Å². The number of benzene rings is 2. The lowest BCUT2D eigenvalue weighted by Crippen LogP contribution is -1.88. The van der Waals surface area contributed by atoms with Gasteiger partial charge in [0, 0.05) is 0 Å². The van der Waals surface area contributed by atoms with Crippen LogP contribution in [-0.4, -0.2) is 0 Å². The molecular weight excluding hydrogens is 204 g/mol. The molecule has 17 heavy (non-hydrogen) atoms. The molecule has 0 spiro atoms. The van der Waals surface area contributed by atoms with Crippen LogP contribution >= 0.6 is 0 Å². The summed E-state index contributed by atoms with van der Waals surface area (Å²) in [6, 6.07) is 10.9. The third-order valence-corrected chi connectivity index (χ3v) is 3.52. The smallest absolute Gasteiger partial charge is 0.0135 e. The normalized spacial score (nSPS) is 14.4. The van der Waals surface area contributed by atoms with Gasteiger partial charge in [0.15, 0.2) is 0 Å². The molecule has 1 aliphatic rings. The van der Waals surface area contributed by atoms with Gasteiger partial charge in [0.25, 0.3) is 0 Å². The van der Waals surface area contributed by atoms with Crippen LogP contribution in [0.3, 0.4) is 0 Å². The van der Waals surface area contributed by atoms with E-state index in [1.54, 1.807) is 0 Å². The summed E-state index contributed by atoms with van der Waals surface area (Å²) in [5.41, 5.74) is 5.54. The van der Waals surface area contributed by atoms with Crippen LogP contribution in [0.1, 0.15) is 30.0 Å². The van der Waals surface area contributed by atoms with Crippen molar-refractivity contribution in [2.75, 3.05) is 0 Å². The number of fused-ring (bicyclic) bond motifs is 2. The largest absolute Gasteiger partial charge is 0.0798 e. The highest BCUT2D eigenvalue weighted by Gasteiger charge is 2.08. The first-order valence-corrected chi connectivity index (χ1v) is 6.12. The first-order chi connectivity index (χ1) is 8.25. The number of rotatable bonds is 0. The molecule has 0 aliphatic heterocycles. The van der Waals surface area contributed by atoms with Gasteiger partial charge in [-0.15, -0.1) is 0 Å². The first kappa shape index (κ1) is 10.3. The van der Waals surface area contributed by atoms with Crippen molar-refractivity contribution in [3.8, 4) is 0 Å². The van der Waals surface area contributed by atoms with E-state index in [9.17, 15) is 0 Å². The molecule has 2 aromatic carbocycles. The van der Waals surface area contributed by atoms with Gasteiger partial charge >= 0.3 is 0 Å². The van der Waals surface area contributed by atoms with E-state index in [1.807, 2.05) is 0 Å². The Hall–Kier alpha value is -1.82. The van der Waals surface area contributed by atoms with Crippen LogP contribution in [0.5, 0.6) is 0 Å². The Kier molecular flexibility index (Phi) is 2.36. The molecule has 0 saturated carbocycles. The Morgan fingerprint density at radius 1 is 1.06 bits per heavy atom. The van der Waals surface area contributed by atoms with Crippen LogP contribution in [0.2, 0.25) is 0 Å².